The highest BCUT2D eigenvalue weighted by Crippen LogP contribution is 2.14. The fraction of sp³-hybridized carbons (Fsp3) is 0.385. The van der Waals surface area contributed by atoms with Crippen LogP contribution in [0.25, 0.3) is 0 Å². The molecule has 18 heavy (non-hydrogen) atoms. The van der Waals surface area contributed by atoms with Crippen LogP contribution in [0.15, 0.2) is 24.3 Å². The number of aromatic carboxylic acids is 1. The van der Waals surface area contributed by atoms with Crippen LogP contribution in [0.4, 0.5) is 5.69 Å². The van der Waals surface area contributed by atoms with Crippen molar-refractivity contribution in [2.24, 2.45) is 5.92 Å². The Morgan fingerprint density at radius 1 is 1.33 bits per heavy atom. The summed E-state index contributed by atoms with van der Waals surface area (Å²) in [5.74, 6) is -0.660. The van der Waals surface area contributed by atoms with E-state index < -0.39 is 5.97 Å². The topological polar surface area (TPSA) is 66.4 Å². The molecule has 0 aliphatic rings. The summed E-state index contributed by atoms with van der Waals surface area (Å²) in [6, 6.07) is 6.10. The first-order chi connectivity index (χ1) is 8.58. The zero-order chi connectivity index (χ0) is 13.5. The van der Waals surface area contributed by atoms with Gasteiger partial charge in [0.05, 0.1) is 5.56 Å². The van der Waals surface area contributed by atoms with Crippen LogP contribution in [0, 0.1) is 5.92 Å². The number of hydrogen-bond donors (Lipinski definition) is 3. The Morgan fingerprint density at radius 2 is 1.94 bits per heavy atom. The van der Waals surface area contributed by atoms with Crippen LogP contribution in [-0.4, -0.2) is 22.7 Å². The van der Waals surface area contributed by atoms with E-state index in [4.69, 9.17) is 5.11 Å². The van der Waals surface area contributed by atoms with E-state index in [0.29, 0.717) is 11.4 Å². The number of nitrogens with one attached hydrogen (secondary N) is 1. The second kappa shape index (κ2) is 7.06. The molecule has 0 aromatic heterocycles. The Balaban J connectivity index is 2.66. The molecule has 1 aromatic rings. The average Bonchev–Trinajstić information content (AvgIpc) is 2.36. The zero-order valence-electron chi connectivity index (χ0n) is 10.2. The van der Waals surface area contributed by atoms with Gasteiger partial charge in [0, 0.05) is 17.4 Å². The summed E-state index contributed by atoms with van der Waals surface area (Å²) in [5, 5.41) is 11.5. The maximum Gasteiger partial charge on any atom is 0.335 e. The third kappa shape index (κ3) is 4.07. The molecule has 2 N–H and O–H groups in total. The van der Waals surface area contributed by atoms with E-state index >= 15 is 0 Å². The molecule has 0 saturated carbocycles. The minimum absolute atomic E-state index is 0.0741. The summed E-state index contributed by atoms with van der Waals surface area (Å²) in [6.45, 7) is 2.02. The number of thiol groups is 1. The highest BCUT2D eigenvalue weighted by molar-refractivity contribution is 7.80. The molecule has 1 amide bonds. The molecule has 1 aromatic carbocycles. The van der Waals surface area contributed by atoms with Gasteiger partial charge in [-0.15, -0.1) is 0 Å². The molecule has 0 radical (unpaired) electrons. The Kier molecular flexibility index (Phi) is 5.71. The summed E-state index contributed by atoms with van der Waals surface area (Å²) < 4.78 is 0. The fourth-order valence-electron chi connectivity index (χ4n) is 1.59. The van der Waals surface area contributed by atoms with Gasteiger partial charge in [-0.1, -0.05) is 13.3 Å². The third-order valence-electron chi connectivity index (χ3n) is 2.63. The molecule has 0 spiro atoms. The van der Waals surface area contributed by atoms with Gasteiger partial charge in [0.15, 0.2) is 0 Å². The molecule has 1 rings (SSSR count). The fourth-order valence-corrected chi connectivity index (χ4v) is 1.94. The first-order valence-corrected chi connectivity index (χ1v) is 6.46. The molecular formula is C13H17NO3S. The Labute approximate surface area is 112 Å². The molecule has 98 valence electrons. The van der Waals surface area contributed by atoms with Gasteiger partial charge in [-0.3, -0.25) is 4.79 Å². The van der Waals surface area contributed by atoms with Gasteiger partial charge in [0.2, 0.25) is 5.91 Å². The molecular weight excluding hydrogens is 250 g/mol. The van der Waals surface area contributed by atoms with Crippen LogP contribution < -0.4 is 5.32 Å². The number of anilines is 1. The Morgan fingerprint density at radius 3 is 2.39 bits per heavy atom. The summed E-state index contributed by atoms with van der Waals surface area (Å²) in [5.41, 5.74) is 0.806. The van der Waals surface area contributed by atoms with E-state index in [1.54, 1.807) is 12.1 Å². The average molecular weight is 267 g/mol. The van der Waals surface area contributed by atoms with Crippen molar-refractivity contribution in [1.29, 1.82) is 0 Å². The van der Waals surface area contributed by atoms with Crippen LogP contribution in [0.5, 0.6) is 0 Å². The van der Waals surface area contributed by atoms with Crippen molar-refractivity contribution in [3.63, 3.8) is 0 Å². The van der Waals surface area contributed by atoms with E-state index in [2.05, 4.69) is 17.9 Å². The van der Waals surface area contributed by atoms with E-state index in [1.807, 2.05) is 6.92 Å². The number of carbonyl (C=O) groups is 2. The van der Waals surface area contributed by atoms with Gasteiger partial charge in [-0.2, -0.15) is 12.6 Å². The Hall–Kier alpha value is -1.49. The first-order valence-electron chi connectivity index (χ1n) is 5.83. The monoisotopic (exact) mass is 267 g/mol. The van der Waals surface area contributed by atoms with Crippen LogP contribution in [0.2, 0.25) is 0 Å². The van der Waals surface area contributed by atoms with Crippen molar-refractivity contribution in [3.8, 4) is 0 Å². The van der Waals surface area contributed by atoms with Crippen LogP contribution >= 0.6 is 12.6 Å². The Bertz CT molecular complexity index is 417. The van der Waals surface area contributed by atoms with Gasteiger partial charge >= 0.3 is 5.97 Å². The normalized spacial score (nSPS) is 11.9. The number of carboxylic acid groups (broad SMARTS) is 1. The highest BCUT2D eigenvalue weighted by Gasteiger charge is 2.15. The summed E-state index contributed by atoms with van der Waals surface area (Å²) in [7, 11) is 0. The van der Waals surface area contributed by atoms with Gasteiger partial charge < -0.3 is 10.4 Å². The van der Waals surface area contributed by atoms with Crippen molar-refractivity contribution in [1.82, 2.24) is 0 Å². The van der Waals surface area contributed by atoms with Crippen molar-refractivity contribution in [3.05, 3.63) is 29.8 Å². The SMILES string of the molecule is CCCC(CS)C(=O)Nc1ccc(C(=O)O)cc1. The molecule has 0 bridgehead atoms. The molecule has 0 aliphatic carbocycles. The predicted molar refractivity (Wildman–Crippen MR) is 74.3 cm³/mol. The van der Waals surface area contributed by atoms with Crippen molar-refractivity contribution >= 4 is 30.2 Å². The summed E-state index contributed by atoms with van der Waals surface area (Å²) >= 11 is 4.16. The summed E-state index contributed by atoms with van der Waals surface area (Å²) in [4.78, 5) is 22.6. The number of benzene rings is 1. The van der Waals surface area contributed by atoms with Gasteiger partial charge in [0.25, 0.3) is 0 Å². The predicted octanol–water partition coefficient (Wildman–Crippen LogP) is 2.67. The lowest BCUT2D eigenvalue weighted by molar-refractivity contribution is -0.119. The molecule has 0 aliphatic heterocycles. The maximum atomic E-state index is 11.9. The minimum Gasteiger partial charge on any atom is -0.478 e. The quantitative estimate of drug-likeness (QED) is 0.694. The maximum absolute atomic E-state index is 11.9. The first kappa shape index (κ1) is 14.6. The minimum atomic E-state index is -0.980. The lowest BCUT2D eigenvalue weighted by Crippen LogP contribution is -2.24. The van der Waals surface area contributed by atoms with Gasteiger partial charge in [0.1, 0.15) is 0 Å². The van der Waals surface area contributed by atoms with E-state index in [9.17, 15) is 9.59 Å². The van der Waals surface area contributed by atoms with Crippen molar-refractivity contribution in [2.45, 2.75) is 19.8 Å². The summed E-state index contributed by atoms with van der Waals surface area (Å²) in [6.07, 6.45) is 1.72. The molecule has 0 heterocycles. The van der Waals surface area contributed by atoms with Crippen LogP contribution in [0.1, 0.15) is 30.1 Å². The van der Waals surface area contributed by atoms with E-state index in [-0.39, 0.29) is 17.4 Å². The largest absolute Gasteiger partial charge is 0.478 e. The smallest absolute Gasteiger partial charge is 0.335 e. The lowest BCUT2D eigenvalue weighted by Gasteiger charge is -2.13. The molecule has 0 fully saturated rings. The number of amides is 1. The molecule has 4 nitrogen and oxygen atoms in total. The number of carboxylic acids is 1. The molecule has 5 heteroatoms. The van der Waals surface area contributed by atoms with Crippen LogP contribution in [-0.2, 0) is 4.79 Å². The van der Waals surface area contributed by atoms with Crippen LogP contribution in [0.3, 0.4) is 0 Å². The van der Waals surface area contributed by atoms with Gasteiger partial charge in [-0.05, 0) is 30.7 Å². The van der Waals surface area contributed by atoms with Crippen molar-refractivity contribution < 1.29 is 14.7 Å². The number of rotatable bonds is 6. The molecule has 1 atom stereocenters. The number of hydrogen-bond acceptors (Lipinski definition) is 3. The zero-order valence-corrected chi connectivity index (χ0v) is 11.1. The second-order valence-corrected chi connectivity index (χ2v) is 4.41. The second-order valence-electron chi connectivity index (χ2n) is 4.04. The standard InChI is InChI=1S/C13H17NO3S/c1-2-3-10(8-18)12(15)14-11-6-4-9(5-7-11)13(16)17/h4-7,10,18H,2-3,8H2,1H3,(H,14,15)(H,16,17). The molecule has 0 saturated heterocycles. The highest BCUT2D eigenvalue weighted by atomic mass is 32.1. The number of carbonyl (C=O) groups excluding carboxylic acids is 1. The van der Waals surface area contributed by atoms with Crippen molar-refractivity contribution in [2.75, 3.05) is 11.1 Å². The van der Waals surface area contributed by atoms with E-state index in [0.717, 1.165) is 12.8 Å². The lowest BCUT2D eigenvalue weighted by atomic mass is 10.1. The molecule has 1 unspecified atom stereocenters. The van der Waals surface area contributed by atoms with Gasteiger partial charge in [-0.25, -0.2) is 4.79 Å². The third-order valence-corrected chi connectivity index (χ3v) is 3.07. The van der Waals surface area contributed by atoms with E-state index in [1.165, 1.54) is 12.1 Å².